The van der Waals surface area contributed by atoms with Gasteiger partial charge in [0.2, 0.25) is 5.91 Å². The summed E-state index contributed by atoms with van der Waals surface area (Å²) in [6.45, 7) is 14.8. The van der Waals surface area contributed by atoms with Crippen LogP contribution in [0.3, 0.4) is 0 Å². The van der Waals surface area contributed by atoms with Crippen LogP contribution in [-0.2, 0) is 32.0 Å². The van der Waals surface area contributed by atoms with Gasteiger partial charge in [-0.15, -0.1) is 11.3 Å². The van der Waals surface area contributed by atoms with Gasteiger partial charge in [-0.1, -0.05) is 27.7 Å². The van der Waals surface area contributed by atoms with Crippen LogP contribution in [0.4, 0.5) is 5.69 Å². The predicted octanol–water partition coefficient (Wildman–Crippen LogP) is 5.14. The molecule has 42 heavy (non-hydrogen) atoms. The van der Waals surface area contributed by atoms with Gasteiger partial charge in [0.25, 0.3) is 5.69 Å². The van der Waals surface area contributed by atoms with E-state index in [1.807, 2.05) is 17.5 Å². The molecular formula is C29H36N4O7SSi. The van der Waals surface area contributed by atoms with E-state index in [1.54, 1.807) is 13.3 Å². The van der Waals surface area contributed by atoms with Gasteiger partial charge in [0, 0.05) is 29.8 Å². The number of fused-ring (bicyclic) bond motifs is 2. The molecule has 1 amide bonds. The van der Waals surface area contributed by atoms with Crippen LogP contribution >= 0.6 is 11.3 Å². The Hall–Kier alpha value is -3.39. The molecule has 0 unspecified atom stereocenters. The monoisotopic (exact) mass is 612 g/mol. The van der Waals surface area contributed by atoms with Crippen molar-refractivity contribution in [1.29, 1.82) is 0 Å². The molecule has 0 bridgehead atoms. The molecule has 1 N–H and O–H groups in total. The minimum atomic E-state index is -2.00. The number of esters is 1. The minimum absolute atomic E-state index is 0.0565. The number of thiazole rings is 1. The number of carbonyl (C=O) groups is 2. The van der Waals surface area contributed by atoms with E-state index in [4.69, 9.17) is 9.16 Å². The highest BCUT2D eigenvalue weighted by atomic mass is 32.1. The molecule has 4 atom stereocenters. The first-order valence-electron chi connectivity index (χ1n) is 13.9. The number of nitrogens with zero attached hydrogens (tertiary/aromatic N) is 4. The lowest BCUT2D eigenvalue weighted by molar-refractivity contribution is -0.384. The highest BCUT2D eigenvalue weighted by molar-refractivity contribution is 7.18. The largest absolute Gasteiger partial charge is 0.456 e. The second-order valence-electron chi connectivity index (χ2n) is 12.6. The molecule has 0 saturated carbocycles. The Bertz CT molecular complexity index is 1590. The number of ether oxygens (including phenoxy) is 1. The molecule has 224 valence electrons. The van der Waals surface area contributed by atoms with Gasteiger partial charge in [-0.3, -0.25) is 19.3 Å². The van der Waals surface area contributed by atoms with Crippen LogP contribution in [0.25, 0.3) is 10.4 Å². The van der Waals surface area contributed by atoms with Gasteiger partial charge >= 0.3 is 5.97 Å². The number of nitro benzene ring substituents is 1. The van der Waals surface area contributed by atoms with E-state index in [9.17, 15) is 24.8 Å². The Balaban J connectivity index is 1.46. The number of rotatable bonds is 9. The summed E-state index contributed by atoms with van der Waals surface area (Å²) in [5.41, 5.74) is 2.20. The zero-order valence-corrected chi connectivity index (χ0v) is 26.6. The van der Waals surface area contributed by atoms with Gasteiger partial charge in [0.1, 0.15) is 29.2 Å². The van der Waals surface area contributed by atoms with E-state index in [0.29, 0.717) is 17.7 Å². The third-order valence-corrected chi connectivity index (χ3v) is 14.5. The quantitative estimate of drug-likeness (QED) is 0.115. The first kappa shape index (κ1) is 30.1. The number of aliphatic hydroxyl groups excluding tert-OH is 1. The zero-order valence-electron chi connectivity index (χ0n) is 24.8. The van der Waals surface area contributed by atoms with Crippen LogP contribution in [0, 0.1) is 22.0 Å². The van der Waals surface area contributed by atoms with Crippen molar-refractivity contribution in [2.75, 3.05) is 0 Å². The number of aromatic nitrogens is 2. The van der Waals surface area contributed by atoms with E-state index >= 15 is 0 Å². The summed E-state index contributed by atoms with van der Waals surface area (Å²) in [5, 5.41) is 21.4. The van der Waals surface area contributed by atoms with E-state index in [2.05, 4.69) is 38.8 Å². The molecule has 1 aromatic carbocycles. The van der Waals surface area contributed by atoms with Crippen molar-refractivity contribution in [2.24, 2.45) is 11.8 Å². The maximum Gasteiger partial charge on any atom is 0.355 e. The number of β-lactam (4-membered cyclic amide) rings is 1. The number of benzene rings is 1. The van der Waals surface area contributed by atoms with Gasteiger partial charge in [-0.05, 0) is 42.8 Å². The number of aliphatic hydroxyl groups is 1. The van der Waals surface area contributed by atoms with E-state index in [-0.39, 0.29) is 40.9 Å². The summed E-state index contributed by atoms with van der Waals surface area (Å²) < 4.78 is 14.0. The van der Waals surface area contributed by atoms with Gasteiger partial charge in [0.15, 0.2) is 8.32 Å². The summed E-state index contributed by atoms with van der Waals surface area (Å²) in [4.78, 5) is 45.0. The van der Waals surface area contributed by atoms with Gasteiger partial charge in [-0.2, -0.15) is 0 Å². The van der Waals surface area contributed by atoms with Crippen LogP contribution in [0.15, 0.2) is 42.5 Å². The van der Waals surface area contributed by atoms with Crippen LogP contribution in [0.2, 0.25) is 18.1 Å². The zero-order chi connectivity index (χ0) is 30.7. The molecule has 2 aliphatic heterocycles. The van der Waals surface area contributed by atoms with Gasteiger partial charge in [-0.25, -0.2) is 9.78 Å². The number of amides is 1. The molecule has 0 radical (unpaired) electrons. The Kier molecular flexibility index (Phi) is 7.67. The molecule has 4 heterocycles. The average molecular weight is 613 g/mol. The molecule has 3 aromatic rings. The molecular weight excluding hydrogens is 576 g/mol. The van der Waals surface area contributed by atoms with E-state index < -0.39 is 31.2 Å². The third kappa shape index (κ3) is 5.08. The maximum absolute atomic E-state index is 13.6. The fourth-order valence-corrected chi connectivity index (χ4v) is 7.48. The second kappa shape index (κ2) is 10.7. The fourth-order valence-electron chi connectivity index (χ4n) is 5.35. The van der Waals surface area contributed by atoms with Crippen molar-refractivity contribution < 1.29 is 28.8 Å². The van der Waals surface area contributed by atoms with Crippen molar-refractivity contribution in [1.82, 2.24) is 14.3 Å². The number of hydrogen-bond acceptors (Lipinski definition) is 9. The van der Waals surface area contributed by atoms with Gasteiger partial charge < -0.3 is 19.2 Å². The van der Waals surface area contributed by atoms with Crippen LogP contribution in [-0.4, -0.2) is 56.7 Å². The smallest absolute Gasteiger partial charge is 0.355 e. The fraction of sp³-hybridized carbons (Fsp3) is 0.483. The molecule has 0 spiro atoms. The highest BCUT2D eigenvalue weighted by Crippen LogP contribution is 2.52. The molecule has 5 rings (SSSR count). The number of imidazole rings is 1. The second-order valence-corrected chi connectivity index (χ2v) is 18.4. The summed E-state index contributed by atoms with van der Waals surface area (Å²) in [6, 6.07) is 5.39. The van der Waals surface area contributed by atoms with Gasteiger partial charge in [0.05, 0.1) is 34.5 Å². The van der Waals surface area contributed by atoms with Crippen LogP contribution < -0.4 is 0 Å². The molecule has 2 aliphatic rings. The molecule has 2 aromatic heterocycles. The third-order valence-electron chi connectivity index (χ3n) is 8.81. The Morgan fingerprint density at radius 2 is 1.90 bits per heavy atom. The van der Waals surface area contributed by atoms with Crippen LogP contribution in [0.1, 0.15) is 50.8 Å². The Labute approximate surface area is 249 Å². The molecule has 1 fully saturated rings. The molecule has 1 saturated heterocycles. The summed E-state index contributed by atoms with van der Waals surface area (Å²) >= 11 is 1.48. The van der Waals surface area contributed by atoms with E-state index in [0.717, 1.165) is 15.4 Å². The summed E-state index contributed by atoms with van der Waals surface area (Å²) in [5.74, 6) is -1.82. The lowest BCUT2D eigenvalue weighted by Gasteiger charge is -2.46. The summed E-state index contributed by atoms with van der Waals surface area (Å²) in [6.07, 6.45) is 2.78. The SMILES string of the molecule is C[C@@H](O)[C@H]1C(=O)N2C(C(=O)OCc3ccc([N+](=O)[O-])cc3)=C(c3cn4cnc(CO[Si](C)(C)C(C)(C)C)c4s3)[C@H](C)[C@H]12. The Morgan fingerprint density at radius 1 is 1.24 bits per heavy atom. The minimum Gasteiger partial charge on any atom is -0.456 e. The standard InChI is InChI=1S/C29H36N4O7SSi/c1-16-22(21-12-31-15-30-20(27(31)41-21)14-40-42(6,7)29(3,4)5)25(32-24(16)23(17(2)34)26(32)35)28(36)39-13-18-8-10-19(11-9-18)33(37)38/h8-12,15-17,23-24,34H,13-14H2,1-7H3/t16-,17+,23+,24+/m0/s1. The molecule has 0 aliphatic carbocycles. The van der Waals surface area contributed by atoms with Crippen LogP contribution in [0.5, 0.6) is 0 Å². The van der Waals surface area contributed by atoms with Crippen molar-refractivity contribution in [2.45, 2.75) is 78.1 Å². The van der Waals surface area contributed by atoms with Crippen molar-refractivity contribution in [3.8, 4) is 0 Å². The van der Waals surface area contributed by atoms with Crippen molar-refractivity contribution >= 4 is 47.6 Å². The summed E-state index contributed by atoms with van der Waals surface area (Å²) in [7, 11) is -2.00. The first-order valence-corrected chi connectivity index (χ1v) is 17.6. The molecule has 11 nitrogen and oxygen atoms in total. The normalized spacial score (nSPS) is 21.5. The number of carbonyl (C=O) groups excluding carboxylic acids is 2. The molecule has 13 heteroatoms. The van der Waals surface area contributed by atoms with Crippen molar-refractivity contribution in [3.63, 3.8) is 0 Å². The van der Waals surface area contributed by atoms with E-state index in [1.165, 1.54) is 40.5 Å². The number of nitro groups is 1. The van der Waals surface area contributed by atoms with Crippen molar-refractivity contribution in [3.05, 3.63) is 68.7 Å². The highest BCUT2D eigenvalue weighted by Gasteiger charge is 2.60. The lowest BCUT2D eigenvalue weighted by atomic mass is 9.77. The topological polar surface area (TPSA) is 137 Å². The Morgan fingerprint density at radius 3 is 2.50 bits per heavy atom. The lowest BCUT2D eigenvalue weighted by Crippen LogP contribution is -2.63. The first-order chi connectivity index (χ1) is 19.6. The maximum atomic E-state index is 13.6. The number of non-ortho nitro benzene ring substituents is 1. The average Bonchev–Trinajstić information content (AvgIpc) is 3.55. The number of hydrogen-bond donors (Lipinski definition) is 1. The predicted molar refractivity (Wildman–Crippen MR) is 160 cm³/mol.